The van der Waals surface area contributed by atoms with E-state index in [0.717, 1.165) is 0 Å². The molecule has 0 fully saturated rings. The molecule has 0 amide bonds. The third-order valence-corrected chi connectivity index (χ3v) is 3.51. The van der Waals surface area contributed by atoms with Gasteiger partial charge in [-0.05, 0) is 28.8 Å². The number of H-pyrrole nitrogens is 1. The second-order valence-corrected chi connectivity index (χ2v) is 4.50. The van der Waals surface area contributed by atoms with Crippen LogP contribution in [0.15, 0.2) is 15.5 Å². The minimum absolute atomic E-state index is 0.290. The van der Waals surface area contributed by atoms with Crippen LogP contribution < -0.4 is 10.9 Å². The zero-order valence-electron chi connectivity index (χ0n) is 9.38. The smallest absolute Gasteiger partial charge is 0.280 e. The molecule has 0 atom stereocenters. The number of aromatic amines is 1. The quantitative estimate of drug-likeness (QED) is 0.768. The van der Waals surface area contributed by atoms with E-state index in [4.69, 9.17) is 0 Å². The molecule has 0 radical (unpaired) electrons. The molecule has 1 rings (SSSR count). The molecule has 1 heterocycles. The summed E-state index contributed by atoms with van der Waals surface area (Å²) in [6.45, 7) is 4.25. The van der Waals surface area contributed by atoms with Gasteiger partial charge in [0.1, 0.15) is 4.47 Å². The number of nitrogens with zero attached hydrogens (tertiary/aromatic N) is 1. The lowest BCUT2D eigenvalue weighted by atomic mass is 9.97. The Morgan fingerprint density at radius 3 is 2.75 bits per heavy atom. The molecule has 0 unspecified atom stereocenters. The first-order chi connectivity index (χ1) is 7.52. The van der Waals surface area contributed by atoms with Gasteiger partial charge in [0.05, 0.1) is 17.5 Å². The predicted octanol–water partition coefficient (Wildman–Crippen LogP) is 1.50. The zero-order chi connectivity index (χ0) is 12.2. The van der Waals surface area contributed by atoms with E-state index >= 15 is 0 Å². The van der Waals surface area contributed by atoms with Crippen LogP contribution in [0, 0.1) is 0 Å². The Hall–Kier alpha value is -0.880. The van der Waals surface area contributed by atoms with Crippen molar-refractivity contribution >= 4 is 21.6 Å². The van der Waals surface area contributed by atoms with Crippen LogP contribution in [-0.2, 0) is 0 Å². The van der Waals surface area contributed by atoms with Gasteiger partial charge in [0.25, 0.3) is 5.56 Å². The van der Waals surface area contributed by atoms with Crippen molar-refractivity contribution in [2.75, 3.05) is 11.9 Å². The summed E-state index contributed by atoms with van der Waals surface area (Å²) in [6.07, 6.45) is 2.83. The summed E-state index contributed by atoms with van der Waals surface area (Å²) in [5, 5.41) is 19.1. The predicted molar refractivity (Wildman–Crippen MR) is 66.6 cm³/mol. The van der Waals surface area contributed by atoms with E-state index in [0.29, 0.717) is 29.5 Å². The number of hydrogen-bond acceptors (Lipinski definition) is 4. The third kappa shape index (κ3) is 3.05. The summed E-state index contributed by atoms with van der Waals surface area (Å²) in [6, 6.07) is 0. The van der Waals surface area contributed by atoms with Crippen molar-refractivity contribution in [3.05, 3.63) is 21.0 Å². The maximum Gasteiger partial charge on any atom is 0.280 e. The van der Waals surface area contributed by atoms with Crippen molar-refractivity contribution in [3.8, 4) is 0 Å². The summed E-state index contributed by atoms with van der Waals surface area (Å²) in [4.78, 5) is 11.2. The molecular formula is C10H16BrN3O2. The highest BCUT2D eigenvalue weighted by Crippen LogP contribution is 2.19. The van der Waals surface area contributed by atoms with Gasteiger partial charge in [0.15, 0.2) is 0 Å². The van der Waals surface area contributed by atoms with Gasteiger partial charge in [-0.3, -0.25) is 4.79 Å². The monoisotopic (exact) mass is 289 g/mol. The maximum atomic E-state index is 11.2. The summed E-state index contributed by atoms with van der Waals surface area (Å²) in [5.41, 5.74) is -0.451. The van der Waals surface area contributed by atoms with Gasteiger partial charge >= 0.3 is 0 Å². The molecule has 0 saturated heterocycles. The zero-order valence-corrected chi connectivity index (χ0v) is 11.0. The molecule has 90 valence electrons. The van der Waals surface area contributed by atoms with Crippen LogP contribution in [0.25, 0.3) is 0 Å². The van der Waals surface area contributed by atoms with E-state index in [1.54, 1.807) is 0 Å². The van der Waals surface area contributed by atoms with Crippen LogP contribution in [0.4, 0.5) is 5.69 Å². The molecule has 0 aromatic carbocycles. The minimum atomic E-state index is -0.748. The highest BCUT2D eigenvalue weighted by atomic mass is 79.9. The van der Waals surface area contributed by atoms with Gasteiger partial charge in [-0.2, -0.15) is 5.10 Å². The van der Waals surface area contributed by atoms with Gasteiger partial charge in [0.2, 0.25) is 0 Å². The van der Waals surface area contributed by atoms with E-state index in [1.807, 2.05) is 13.8 Å². The van der Waals surface area contributed by atoms with E-state index < -0.39 is 5.60 Å². The SMILES string of the molecule is CCC(O)(CC)CNc1cn[nH]c(=O)c1Br. The summed E-state index contributed by atoms with van der Waals surface area (Å²) in [5.74, 6) is 0. The van der Waals surface area contributed by atoms with Gasteiger partial charge in [-0.25, -0.2) is 5.10 Å². The van der Waals surface area contributed by atoms with Crippen molar-refractivity contribution in [2.45, 2.75) is 32.3 Å². The van der Waals surface area contributed by atoms with Crippen LogP contribution in [-0.4, -0.2) is 27.4 Å². The maximum absolute atomic E-state index is 11.2. The van der Waals surface area contributed by atoms with E-state index in [1.165, 1.54) is 6.20 Å². The molecule has 1 aromatic rings. The number of nitrogens with one attached hydrogen (secondary N) is 2. The molecule has 16 heavy (non-hydrogen) atoms. The standard InChI is InChI=1S/C10H16BrN3O2/c1-3-10(16,4-2)6-12-7-5-13-14-9(15)8(7)11/h5,16H,3-4,6H2,1-2H3,(H2,12,14,15). The summed E-state index contributed by atoms with van der Waals surface area (Å²) >= 11 is 3.16. The van der Waals surface area contributed by atoms with Crippen LogP contribution in [0.3, 0.4) is 0 Å². The molecule has 6 heteroatoms. The van der Waals surface area contributed by atoms with Crippen molar-refractivity contribution in [2.24, 2.45) is 0 Å². The van der Waals surface area contributed by atoms with Gasteiger partial charge in [-0.1, -0.05) is 13.8 Å². The molecule has 0 bridgehead atoms. The lowest BCUT2D eigenvalue weighted by Gasteiger charge is -2.25. The Morgan fingerprint density at radius 1 is 1.56 bits per heavy atom. The van der Waals surface area contributed by atoms with E-state index in [2.05, 4.69) is 31.4 Å². The Morgan fingerprint density at radius 2 is 2.19 bits per heavy atom. The molecule has 5 nitrogen and oxygen atoms in total. The average Bonchev–Trinajstić information content (AvgIpc) is 2.31. The lowest BCUT2D eigenvalue weighted by molar-refractivity contribution is 0.0457. The highest BCUT2D eigenvalue weighted by Gasteiger charge is 2.22. The van der Waals surface area contributed by atoms with Crippen molar-refractivity contribution < 1.29 is 5.11 Å². The van der Waals surface area contributed by atoms with Crippen molar-refractivity contribution in [3.63, 3.8) is 0 Å². The number of halogens is 1. The fraction of sp³-hybridized carbons (Fsp3) is 0.600. The van der Waals surface area contributed by atoms with Crippen molar-refractivity contribution in [1.29, 1.82) is 0 Å². The number of aliphatic hydroxyl groups is 1. The normalized spacial score (nSPS) is 11.5. The number of aromatic nitrogens is 2. The molecular weight excluding hydrogens is 274 g/mol. The van der Waals surface area contributed by atoms with E-state index in [-0.39, 0.29) is 5.56 Å². The molecule has 1 aromatic heterocycles. The fourth-order valence-corrected chi connectivity index (χ4v) is 1.60. The van der Waals surface area contributed by atoms with Gasteiger partial charge in [-0.15, -0.1) is 0 Å². The lowest BCUT2D eigenvalue weighted by Crippen LogP contribution is -2.35. The Balaban J connectivity index is 2.75. The first-order valence-electron chi connectivity index (χ1n) is 5.22. The average molecular weight is 290 g/mol. The van der Waals surface area contributed by atoms with Crippen LogP contribution in [0.1, 0.15) is 26.7 Å². The number of anilines is 1. The Kier molecular flexibility index (Phi) is 4.49. The Bertz CT molecular complexity index is 401. The van der Waals surface area contributed by atoms with Gasteiger partial charge in [0, 0.05) is 6.54 Å². The van der Waals surface area contributed by atoms with Gasteiger partial charge < -0.3 is 10.4 Å². The molecule has 0 aliphatic carbocycles. The van der Waals surface area contributed by atoms with Crippen LogP contribution in [0.5, 0.6) is 0 Å². The number of hydrogen-bond donors (Lipinski definition) is 3. The first kappa shape index (κ1) is 13.2. The molecule has 0 aliphatic rings. The first-order valence-corrected chi connectivity index (χ1v) is 6.01. The Labute approximate surface area is 102 Å². The van der Waals surface area contributed by atoms with Crippen molar-refractivity contribution in [1.82, 2.24) is 10.2 Å². The summed E-state index contributed by atoms with van der Waals surface area (Å²) < 4.78 is 0.400. The molecule has 0 aliphatic heterocycles. The van der Waals surface area contributed by atoms with Crippen LogP contribution in [0.2, 0.25) is 0 Å². The molecule has 0 spiro atoms. The minimum Gasteiger partial charge on any atom is -0.388 e. The number of rotatable bonds is 5. The second-order valence-electron chi connectivity index (χ2n) is 3.71. The van der Waals surface area contributed by atoms with E-state index in [9.17, 15) is 9.90 Å². The third-order valence-electron chi connectivity index (χ3n) is 2.72. The topological polar surface area (TPSA) is 78.0 Å². The fourth-order valence-electron chi connectivity index (χ4n) is 1.27. The largest absolute Gasteiger partial charge is 0.388 e. The highest BCUT2D eigenvalue weighted by molar-refractivity contribution is 9.10. The summed E-state index contributed by atoms with van der Waals surface area (Å²) in [7, 11) is 0. The molecule has 0 saturated carbocycles. The molecule has 3 N–H and O–H groups in total. The second kappa shape index (κ2) is 5.45. The van der Waals surface area contributed by atoms with Crippen LogP contribution >= 0.6 is 15.9 Å².